The lowest BCUT2D eigenvalue weighted by Gasteiger charge is -2.38. The number of esters is 5. The van der Waals surface area contributed by atoms with E-state index >= 15 is 0 Å². The minimum atomic E-state index is -1.79. The Morgan fingerprint density at radius 1 is 0.415 bits per heavy atom. The molecule has 0 aromatic carbocycles. The van der Waals surface area contributed by atoms with E-state index in [9.17, 15) is 48.3 Å². The van der Waals surface area contributed by atoms with Gasteiger partial charge in [0, 0.05) is 25.0 Å². The molecule has 0 bridgehead atoms. The number of carbonyl (C=O) groups excluding carboxylic acids is 9. The topological polar surface area (TPSA) is 332 Å². The van der Waals surface area contributed by atoms with Gasteiger partial charge in [0.15, 0.2) is 0 Å². The van der Waals surface area contributed by atoms with Crippen molar-refractivity contribution in [2.24, 2.45) is 27.1 Å². The van der Waals surface area contributed by atoms with Crippen LogP contribution in [0, 0.1) is 27.1 Å². The van der Waals surface area contributed by atoms with Gasteiger partial charge in [0.2, 0.25) is 17.7 Å². The lowest BCUT2D eigenvalue weighted by atomic mass is 9.84. The molecule has 0 heterocycles. The second-order valence-corrected chi connectivity index (χ2v) is 31.4. The van der Waals surface area contributed by atoms with Crippen LogP contribution in [-0.2, 0) is 95.3 Å². The normalized spacial score (nSPS) is 13.9. The number of aliphatic hydroxyl groups is 2. The molecule has 0 aliphatic heterocycles. The van der Waals surface area contributed by atoms with Crippen molar-refractivity contribution in [2.75, 3.05) is 132 Å². The summed E-state index contributed by atoms with van der Waals surface area (Å²) >= 11 is 13.0. The Morgan fingerprint density at radius 2 is 0.683 bits per heavy atom. The van der Waals surface area contributed by atoms with Crippen LogP contribution in [0.15, 0.2) is 0 Å². The first-order valence-electron chi connectivity index (χ1n) is 26.2. The van der Waals surface area contributed by atoms with Crippen LogP contribution in [0.3, 0.4) is 0 Å². The number of hydrogen-bond donors (Lipinski definition) is 5. The fraction of sp³-hybridized carbons (Fsp3) is 0.830. The molecule has 25 nitrogen and oxygen atoms in total. The molecule has 0 aliphatic carbocycles. The van der Waals surface area contributed by atoms with Crippen molar-refractivity contribution in [3.8, 4) is 0 Å². The molecule has 0 aromatic rings. The van der Waals surface area contributed by atoms with Gasteiger partial charge in [-0.1, -0.05) is 63.7 Å². The monoisotopic (exact) mass is 1440 g/mol. The fourth-order valence-corrected chi connectivity index (χ4v) is 6.34. The molecule has 0 aromatic heterocycles. The van der Waals surface area contributed by atoms with Crippen molar-refractivity contribution in [2.45, 2.75) is 120 Å². The maximum absolute atomic E-state index is 14.7. The zero-order chi connectivity index (χ0) is 63.4. The molecule has 0 aliphatic rings. The van der Waals surface area contributed by atoms with Gasteiger partial charge >= 0.3 is 29.8 Å². The van der Waals surface area contributed by atoms with E-state index in [0.717, 1.165) is 0 Å². The third kappa shape index (κ3) is 31.3. The van der Waals surface area contributed by atoms with E-state index in [2.05, 4.69) is 79.7 Å². The van der Waals surface area contributed by atoms with E-state index in [-0.39, 0.29) is 72.5 Å². The summed E-state index contributed by atoms with van der Waals surface area (Å²) < 4.78 is 56.2. The van der Waals surface area contributed by atoms with Gasteiger partial charge in [-0.05, 0) is 96.9 Å². The Balaban J connectivity index is 7.47. The smallest absolute Gasteiger partial charge is 0.322 e. The van der Waals surface area contributed by atoms with E-state index in [4.69, 9.17) is 57.2 Å². The summed E-state index contributed by atoms with van der Waals surface area (Å²) in [5.41, 5.74) is -7.90. The number of carbonyl (C=O) groups is 9. The first kappa shape index (κ1) is 78.9. The fourth-order valence-electron chi connectivity index (χ4n) is 5.89. The summed E-state index contributed by atoms with van der Waals surface area (Å²) in [4.78, 5) is 120. The Hall–Kier alpha value is -3.13. The molecule has 82 heavy (non-hydrogen) atoms. The molecule has 0 saturated heterocycles. The minimum absolute atomic E-state index is 0.0103. The van der Waals surface area contributed by atoms with Crippen molar-refractivity contribution in [1.29, 1.82) is 0 Å². The molecule has 2 unspecified atom stereocenters. The second-order valence-electron chi connectivity index (χ2n) is 23.5. The van der Waals surface area contributed by atoms with Gasteiger partial charge < -0.3 is 78.3 Å². The number of halogens is 4. The summed E-state index contributed by atoms with van der Waals surface area (Å²) in [6.07, 6.45) is -0.975. The largest absolute Gasteiger partial charge is 0.467 e. The molecular weight excluding hydrogens is 1350 g/mol. The van der Waals surface area contributed by atoms with E-state index in [0.29, 0.717) is 0 Å². The lowest BCUT2D eigenvalue weighted by Crippen LogP contribution is -2.59. The average molecular weight is 1440 g/mol. The Labute approximate surface area is 515 Å². The van der Waals surface area contributed by atoms with Crippen molar-refractivity contribution in [1.82, 2.24) is 16.0 Å². The van der Waals surface area contributed by atoms with Gasteiger partial charge in [0.05, 0.1) is 78.1 Å². The molecule has 3 amide bonds. The molecule has 5 N–H and O–H groups in total. The summed E-state index contributed by atoms with van der Waals surface area (Å²) in [6.45, 7) is 16.6. The number of nitrogens with one attached hydrogen (secondary N) is 3. The van der Waals surface area contributed by atoms with Crippen LogP contribution in [0.2, 0.25) is 0 Å². The quantitative estimate of drug-likeness (QED) is 0.0192. The third-order valence-corrected chi connectivity index (χ3v) is 12.9. The predicted octanol–water partition coefficient (Wildman–Crippen LogP) is 3.41. The summed E-state index contributed by atoms with van der Waals surface area (Å²) in [5.74, 6) is -6.13. The predicted molar refractivity (Wildman–Crippen MR) is 311 cm³/mol. The molecule has 476 valence electrons. The molecular formula is C53H89Br4N3O22. The number of ether oxygens (including phenoxy) is 11. The third-order valence-electron chi connectivity index (χ3n) is 11.6. The average Bonchev–Trinajstić information content (AvgIpc) is 3.39. The van der Waals surface area contributed by atoms with Gasteiger partial charge in [-0.15, -0.1) is 0 Å². The standard InChI is InChI=1S/C53H89Br4N3O22/c1-45(2,3)40(67)78-29-50(12,28-77-35-62)37(64)58-25-53(34-76-22-20-74-18-16-72-15-17-73-19-21-75-24-36(63)23-61,26-59-38(65)51(13,30-79-41(68)46(4,5)54)31-80-42(69)47(6,7)55)27-60-39(66)52(14,32-81-43(70)48(8,9)56)33-82-44(71)49(10,11)57/h35-36,61,63H,15-34H2,1-14H3,(H,58,64)(H,59,65)(H,60,66). The highest BCUT2D eigenvalue weighted by Crippen LogP contribution is 2.29. The van der Waals surface area contributed by atoms with Crippen LogP contribution in [-0.4, -0.2) is 220 Å². The molecule has 29 heteroatoms. The second kappa shape index (κ2) is 36.1. The Bertz CT molecular complexity index is 1900. The first-order chi connectivity index (χ1) is 37.5. The van der Waals surface area contributed by atoms with Crippen LogP contribution in [0.4, 0.5) is 0 Å². The maximum atomic E-state index is 14.7. The van der Waals surface area contributed by atoms with Crippen LogP contribution in [0.1, 0.15) is 96.9 Å². The van der Waals surface area contributed by atoms with Crippen LogP contribution in [0.25, 0.3) is 0 Å². The van der Waals surface area contributed by atoms with Crippen LogP contribution < -0.4 is 16.0 Å². The first-order valence-corrected chi connectivity index (χ1v) is 29.4. The highest BCUT2D eigenvalue weighted by Gasteiger charge is 2.46. The van der Waals surface area contributed by atoms with Gasteiger partial charge in [0.1, 0.15) is 79.3 Å². The number of aliphatic hydroxyl groups excluding tert-OH is 2. The van der Waals surface area contributed by atoms with Crippen molar-refractivity contribution >= 4 is 118 Å². The van der Waals surface area contributed by atoms with E-state index < -0.39 is 164 Å². The number of rotatable bonds is 43. The summed E-state index contributed by atoms with van der Waals surface area (Å²) in [7, 11) is 0. The maximum Gasteiger partial charge on any atom is 0.322 e. The molecule has 0 fully saturated rings. The van der Waals surface area contributed by atoms with Gasteiger partial charge in [-0.3, -0.25) is 43.2 Å². The highest BCUT2D eigenvalue weighted by molar-refractivity contribution is 9.10. The summed E-state index contributed by atoms with van der Waals surface area (Å²) in [6, 6.07) is 0. The van der Waals surface area contributed by atoms with Crippen molar-refractivity contribution in [3.05, 3.63) is 0 Å². The van der Waals surface area contributed by atoms with Crippen LogP contribution >= 0.6 is 63.7 Å². The molecule has 0 spiro atoms. The van der Waals surface area contributed by atoms with Gasteiger partial charge in [-0.25, -0.2) is 0 Å². The molecule has 0 radical (unpaired) electrons. The van der Waals surface area contributed by atoms with E-state index in [1.54, 1.807) is 20.8 Å². The SMILES string of the molecule is CC(C)(C)C(=O)OCC(C)(COC=O)C(=O)NCC(CNC(=O)C(C)(COC(=O)C(C)(C)Br)COC(=O)C(C)(C)Br)(CNC(=O)C(C)(COC(=O)C(C)(C)Br)COC(=O)C(C)(C)Br)COCCOCCOCCOCCOCC(O)CO. The zero-order valence-electron chi connectivity index (χ0n) is 49.9. The Kier molecular flexibility index (Phi) is 34.7. The van der Waals surface area contributed by atoms with Crippen molar-refractivity contribution in [3.63, 3.8) is 0 Å². The number of alkyl halides is 4. The molecule has 2 atom stereocenters. The Morgan fingerprint density at radius 3 is 0.951 bits per heavy atom. The number of hydrogen-bond acceptors (Lipinski definition) is 22. The van der Waals surface area contributed by atoms with Crippen LogP contribution in [0.5, 0.6) is 0 Å². The summed E-state index contributed by atoms with van der Waals surface area (Å²) in [5, 5.41) is 26.7. The molecule has 0 rings (SSSR count). The van der Waals surface area contributed by atoms with E-state index in [1.165, 1.54) is 76.2 Å². The molecule has 0 saturated carbocycles. The minimum Gasteiger partial charge on any atom is -0.467 e. The lowest BCUT2D eigenvalue weighted by molar-refractivity contribution is -0.162. The van der Waals surface area contributed by atoms with Gasteiger partial charge in [0.25, 0.3) is 6.47 Å². The zero-order valence-corrected chi connectivity index (χ0v) is 56.2. The van der Waals surface area contributed by atoms with Gasteiger partial charge in [-0.2, -0.15) is 0 Å². The van der Waals surface area contributed by atoms with E-state index in [1.807, 2.05) is 0 Å². The highest BCUT2D eigenvalue weighted by atomic mass is 79.9. The van der Waals surface area contributed by atoms with Crippen molar-refractivity contribution < 1.29 is 105 Å². The number of amides is 3.